The highest BCUT2D eigenvalue weighted by Gasteiger charge is 2.22. The normalized spacial score (nSPS) is 19.7. The standard InChI is InChI=1S/C18H26N2O3/c1-14(20-9-4-2-3-5-10-20)18(21)19-13-15-7-6-8-16-17(15)23-12-11-22-16/h6-8,14H,2-5,9-13H2,1H3,(H,19,21). The van der Waals surface area contributed by atoms with Gasteiger partial charge in [-0.15, -0.1) is 0 Å². The van der Waals surface area contributed by atoms with E-state index in [1.807, 2.05) is 25.1 Å². The zero-order chi connectivity index (χ0) is 16.1. The van der Waals surface area contributed by atoms with Crippen molar-refractivity contribution in [2.75, 3.05) is 26.3 Å². The number of hydrogen-bond acceptors (Lipinski definition) is 4. The molecule has 1 N–H and O–H groups in total. The van der Waals surface area contributed by atoms with Gasteiger partial charge in [-0.3, -0.25) is 9.69 Å². The van der Waals surface area contributed by atoms with Crippen LogP contribution < -0.4 is 14.8 Å². The van der Waals surface area contributed by atoms with Crippen molar-refractivity contribution in [1.29, 1.82) is 0 Å². The number of rotatable bonds is 4. The predicted molar refractivity (Wildman–Crippen MR) is 88.8 cm³/mol. The van der Waals surface area contributed by atoms with E-state index in [1.165, 1.54) is 25.7 Å². The Balaban J connectivity index is 1.58. The summed E-state index contributed by atoms with van der Waals surface area (Å²) < 4.78 is 11.3. The Morgan fingerprint density at radius 3 is 2.70 bits per heavy atom. The molecule has 23 heavy (non-hydrogen) atoms. The first-order valence-electron chi connectivity index (χ1n) is 8.65. The topological polar surface area (TPSA) is 50.8 Å². The van der Waals surface area contributed by atoms with Crippen molar-refractivity contribution in [3.8, 4) is 11.5 Å². The van der Waals surface area contributed by atoms with E-state index in [1.54, 1.807) is 0 Å². The Morgan fingerprint density at radius 2 is 1.91 bits per heavy atom. The number of carbonyl (C=O) groups excluding carboxylic acids is 1. The molecule has 1 amide bonds. The van der Waals surface area contributed by atoms with E-state index in [0.29, 0.717) is 19.8 Å². The highest BCUT2D eigenvalue weighted by molar-refractivity contribution is 5.81. The molecule has 126 valence electrons. The fraction of sp³-hybridized carbons (Fsp3) is 0.611. The summed E-state index contributed by atoms with van der Waals surface area (Å²) in [5, 5.41) is 3.05. The second-order valence-electron chi connectivity index (χ2n) is 6.29. The molecule has 3 rings (SSSR count). The van der Waals surface area contributed by atoms with Crippen LogP contribution in [0.1, 0.15) is 38.2 Å². The molecule has 0 saturated carbocycles. The van der Waals surface area contributed by atoms with Gasteiger partial charge in [0.2, 0.25) is 5.91 Å². The van der Waals surface area contributed by atoms with Crippen molar-refractivity contribution in [1.82, 2.24) is 10.2 Å². The van der Waals surface area contributed by atoms with Crippen molar-refractivity contribution in [3.63, 3.8) is 0 Å². The quantitative estimate of drug-likeness (QED) is 0.926. The van der Waals surface area contributed by atoms with Crippen LogP contribution in [0.2, 0.25) is 0 Å². The highest BCUT2D eigenvalue weighted by Crippen LogP contribution is 2.33. The van der Waals surface area contributed by atoms with Crippen molar-refractivity contribution < 1.29 is 14.3 Å². The minimum atomic E-state index is -0.0789. The SMILES string of the molecule is CC(C(=O)NCc1cccc2c1OCCO2)N1CCCCCC1. The molecule has 0 radical (unpaired) electrons. The molecule has 2 aliphatic rings. The minimum Gasteiger partial charge on any atom is -0.486 e. The lowest BCUT2D eigenvalue weighted by atomic mass is 10.1. The van der Waals surface area contributed by atoms with Crippen LogP contribution in [-0.2, 0) is 11.3 Å². The van der Waals surface area contributed by atoms with Crippen LogP contribution in [0.25, 0.3) is 0 Å². The first-order chi connectivity index (χ1) is 11.3. The van der Waals surface area contributed by atoms with Gasteiger partial charge in [-0.05, 0) is 38.9 Å². The Hall–Kier alpha value is -1.75. The number of nitrogens with zero attached hydrogens (tertiary/aromatic N) is 1. The molecular weight excluding hydrogens is 292 g/mol. The largest absolute Gasteiger partial charge is 0.486 e. The maximum atomic E-state index is 12.5. The van der Waals surface area contributed by atoms with Gasteiger partial charge in [0.15, 0.2) is 11.5 Å². The molecule has 0 aromatic heterocycles. The zero-order valence-electron chi connectivity index (χ0n) is 13.8. The molecule has 1 fully saturated rings. The predicted octanol–water partition coefficient (Wildman–Crippen LogP) is 2.34. The molecule has 0 spiro atoms. The van der Waals surface area contributed by atoms with Gasteiger partial charge >= 0.3 is 0 Å². The molecule has 1 atom stereocenters. The van der Waals surface area contributed by atoms with Gasteiger partial charge in [-0.25, -0.2) is 0 Å². The van der Waals surface area contributed by atoms with E-state index in [9.17, 15) is 4.79 Å². The van der Waals surface area contributed by atoms with E-state index >= 15 is 0 Å². The Morgan fingerprint density at radius 1 is 1.17 bits per heavy atom. The first kappa shape index (κ1) is 16.1. The number of ether oxygens (including phenoxy) is 2. The number of nitrogens with one attached hydrogen (secondary N) is 1. The van der Waals surface area contributed by atoms with E-state index in [0.717, 1.165) is 30.2 Å². The molecule has 1 saturated heterocycles. The monoisotopic (exact) mass is 318 g/mol. The number of para-hydroxylation sites is 1. The molecule has 1 unspecified atom stereocenters. The van der Waals surface area contributed by atoms with Crippen LogP contribution in [0.15, 0.2) is 18.2 Å². The molecule has 1 aromatic carbocycles. The summed E-state index contributed by atoms with van der Waals surface area (Å²) in [6, 6.07) is 5.74. The van der Waals surface area contributed by atoms with Gasteiger partial charge in [0.1, 0.15) is 13.2 Å². The molecule has 0 aliphatic carbocycles. The van der Waals surface area contributed by atoms with Crippen LogP contribution >= 0.6 is 0 Å². The highest BCUT2D eigenvalue weighted by atomic mass is 16.6. The average molecular weight is 318 g/mol. The number of carbonyl (C=O) groups is 1. The summed E-state index contributed by atoms with van der Waals surface area (Å²) in [4.78, 5) is 14.8. The van der Waals surface area contributed by atoms with Crippen LogP contribution in [0.3, 0.4) is 0 Å². The van der Waals surface area contributed by atoms with Crippen LogP contribution in [0.5, 0.6) is 11.5 Å². The fourth-order valence-electron chi connectivity index (χ4n) is 3.25. The smallest absolute Gasteiger partial charge is 0.237 e. The average Bonchev–Trinajstić information content (AvgIpc) is 2.88. The molecule has 5 nitrogen and oxygen atoms in total. The van der Waals surface area contributed by atoms with Gasteiger partial charge in [0.05, 0.1) is 6.04 Å². The van der Waals surface area contributed by atoms with Gasteiger partial charge in [-0.2, -0.15) is 0 Å². The van der Waals surface area contributed by atoms with E-state index in [-0.39, 0.29) is 11.9 Å². The summed E-state index contributed by atoms with van der Waals surface area (Å²) in [5.74, 6) is 1.62. The van der Waals surface area contributed by atoms with Gasteiger partial charge in [0.25, 0.3) is 0 Å². The van der Waals surface area contributed by atoms with Gasteiger partial charge < -0.3 is 14.8 Å². The fourth-order valence-corrected chi connectivity index (χ4v) is 3.25. The molecule has 2 aliphatic heterocycles. The maximum absolute atomic E-state index is 12.5. The Kier molecular flexibility index (Phi) is 5.39. The lowest BCUT2D eigenvalue weighted by Gasteiger charge is -2.27. The second kappa shape index (κ2) is 7.68. The Bertz CT molecular complexity index is 539. The van der Waals surface area contributed by atoms with Crippen LogP contribution in [0.4, 0.5) is 0 Å². The van der Waals surface area contributed by atoms with E-state index in [2.05, 4.69) is 10.2 Å². The van der Waals surface area contributed by atoms with Gasteiger partial charge in [-0.1, -0.05) is 25.0 Å². The molecule has 5 heteroatoms. The van der Waals surface area contributed by atoms with Crippen molar-refractivity contribution >= 4 is 5.91 Å². The molecule has 1 aromatic rings. The van der Waals surface area contributed by atoms with Gasteiger partial charge in [0, 0.05) is 12.1 Å². The van der Waals surface area contributed by atoms with E-state index in [4.69, 9.17) is 9.47 Å². The number of likely N-dealkylation sites (tertiary alicyclic amines) is 1. The van der Waals surface area contributed by atoms with Crippen molar-refractivity contribution in [2.45, 2.75) is 45.2 Å². The maximum Gasteiger partial charge on any atom is 0.237 e. The summed E-state index contributed by atoms with van der Waals surface area (Å²) in [6.45, 7) is 5.65. The summed E-state index contributed by atoms with van der Waals surface area (Å²) in [7, 11) is 0. The lowest BCUT2D eigenvalue weighted by molar-refractivity contribution is -0.126. The number of fused-ring (bicyclic) bond motifs is 1. The molecule has 0 bridgehead atoms. The van der Waals surface area contributed by atoms with Crippen molar-refractivity contribution in [3.05, 3.63) is 23.8 Å². The minimum absolute atomic E-state index is 0.0789. The number of benzene rings is 1. The summed E-state index contributed by atoms with van der Waals surface area (Å²) >= 11 is 0. The number of hydrogen-bond donors (Lipinski definition) is 1. The molecule has 2 heterocycles. The summed E-state index contributed by atoms with van der Waals surface area (Å²) in [5.41, 5.74) is 0.971. The van der Waals surface area contributed by atoms with E-state index < -0.39 is 0 Å². The third kappa shape index (κ3) is 3.96. The van der Waals surface area contributed by atoms with Crippen LogP contribution in [-0.4, -0.2) is 43.2 Å². The second-order valence-corrected chi connectivity index (χ2v) is 6.29. The first-order valence-corrected chi connectivity index (χ1v) is 8.65. The third-order valence-corrected chi connectivity index (χ3v) is 4.67. The van der Waals surface area contributed by atoms with Crippen LogP contribution in [0, 0.1) is 0 Å². The lowest BCUT2D eigenvalue weighted by Crippen LogP contribution is -2.45. The number of amides is 1. The van der Waals surface area contributed by atoms with Crippen molar-refractivity contribution in [2.24, 2.45) is 0 Å². The Labute approximate surface area is 137 Å². The zero-order valence-corrected chi connectivity index (χ0v) is 13.8. The summed E-state index contributed by atoms with van der Waals surface area (Å²) in [6.07, 6.45) is 4.93. The molecular formula is C18H26N2O3. The third-order valence-electron chi connectivity index (χ3n) is 4.67.